The molecule has 0 aliphatic carbocycles. The molecule has 0 radical (unpaired) electrons. The minimum atomic E-state index is -1.04. The van der Waals surface area contributed by atoms with Crippen molar-refractivity contribution in [2.24, 2.45) is 7.05 Å². The summed E-state index contributed by atoms with van der Waals surface area (Å²) in [6, 6.07) is 0. The normalized spacial score (nSPS) is 10.8. The van der Waals surface area contributed by atoms with E-state index in [2.05, 4.69) is 10.1 Å². The van der Waals surface area contributed by atoms with Crippen LogP contribution in [0.25, 0.3) is 0 Å². The van der Waals surface area contributed by atoms with E-state index in [4.69, 9.17) is 16.7 Å². The molecule has 0 atom stereocenters. The van der Waals surface area contributed by atoms with Gasteiger partial charge in [0, 0.05) is 18.8 Å². The number of carboxylic acids is 1. The molecular formula is C10H11ClN4O2. The maximum Gasteiger partial charge on any atom is 0.356 e. The third-order valence-corrected chi connectivity index (χ3v) is 2.94. The Morgan fingerprint density at radius 2 is 2.29 bits per heavy atom. The van der Waals surface area contributed by atoms with Gasteiger partial charge >= 0.3 is 5.97 Å². The summed E-state index contributed by atoms with van der Waals surface area (Å²) in [4.78, 5) is 14.5. The highest BCUT2D eigenvalue weighted by atomic mass is 35.5. The summed E-state index contributed by atoms with van der Waals surface area (Å²) in [5.74, 6) is -1.04. The van der Waals surface area contributed by atoms with Crippen molar-refractivity contribution in [1.82, 2.24) is 19.3 Å². The smallest absolute Gasteiger partial charge is 0.356 e. The first kappa shape index (κ1) is 11.7. The number of nitrogens with zero attached hydrogens (tertiary/aromatic N) is 4. The lowest BCUT2D eigenvalue weighted by atomic mass is 10.2. The zero-order valence-electron chi connectivity index (χ0n) is 9.38. The van der Waals surface area contributed by atoms with Crippen molar-refractivity contribution < 1.29 is 9.90 Å². The number of aryl methyl sites for hydroxylation is 2. The van der Waals surface area contributed by atoms with Crippen LogP contribution in [0.2, 0.25) is 5.15 Å². The Bertz CT molecular complexity index is 573. The summed E-state index contributed by atoms with van der Waals surface area (Å²) >= 11 is 6.08. The van der Waals surface area contributed by atoms with E-state index in [1.165, 1.54) is 12.5 Å². The Hall–Kier alpha value is -1.82. The minimum Gasteiger partial charge on any atom is -0.476 e. The molecule has 0 aromatic carbocycles. The van der Waals surface area contributed by atoms with Crippen molar-refractivity contribution in [3.05, 3.63) is 34.6 Å². The van der Waals surface area contributed by atoms with Crippen LogP contribution in [-0.4, -0.2) is 30.4 Å². The van der Waals surface area contributed by atoms with Crippen LogP contribution >= 0.6 is 11.6 Å². The molecule has 0 amide bonds. The molecule has 90 valence electrons. The highest BCUT2D eigenvalue weighted by Crippen LogP contribution is 2.19. The quantitative estimate of drug-likeness (QED) is 0.897. The molecule has 0 aliphatic heterocycles. The van der Waals surface area contributed by atoms with E-state index < -0.39 is 5.97 Å². The number of halogens is 1. The minimum absolute atomic E-state index is 0.0164. The monoisotopic (exact) mass is 254 g/mol. The second kappa shape index (κ2) is 4.21. The molecule has 0 unspecified atom stereocenters. The first-order valence-electron chi connectivity index (χ1n) is 4.92. The molecule has 6 nitrogen and oxygen atoms in total. The summed E-state index contributed by atoms with van der Waals surface area (Å²) in [6.45, 7) is 2.31. The molecule has 17 heavy (non-hydrogen) atoms. The standard InChI is InChI=1S/C10H11ClN4O2/c1-6-7(9(11)14(2)13-6)3-15-4-8(10(16)17)12-5-15/h4-5H,3H2,1-2H3,(H,16,17). The SMILES string of the molecule is Cc1nn(C)c(Cl)c1Cn1cnc(C(=O)O)c1. The molecule has 2 aromatic heterocycles. The Balaban J connectivity index is 2.28. The molecule has 2 rings (SSSR count). The van der Waals surface area contributed by atoms with Gasteiger partial charge in [-0.2, -0.15) is 5.10 Å². The van der Waals surface area contributed by atoms with Crippen LogP contribution in [-0.2, 0) is 13.6 Å². The number of aromatic carboxylic acids is 1. The zero-order chi connectivity index (χ0) is 12.6. The lowest BCUT2D eigenvalue weighted by molar-refractivity contribution is 0.0691. The van der Waals surface area contributed by atoms with Gasteiger partial charge in [0.25, 0.3) is 0 Å². The number of imidazole rings is 1. The van der Waals surface area contributed by atoms with Gasteiger partial charge in [-0.15, -0.1) is 0 Å². The van der Waals surface area contributed by atoms with E-state index >= 15 is 0 Å². The molecule has 0 aliphatic rings. The number of hydrogen-bond acceptors (Lipinski definition) is 3. The fourth-order valence-corrected chi connectivity index (χ4v) is 1.83. The highest BCUT2D eigenvalue weighted by molar-refractivity contribution is 6.30. The molecule has 0 spiro atoms. The van der Waals surface area contributed by atoms with E-state index in [9.17, 15) is 4.79 Å². The van der Waals surface area contributed by atoms with Crippen molar-refractivity contribution in [3.63, 3.8) is 0 Å². The van der Waals surface area contributed by atoms with Gasteiger partial charge in [0.15, 0.2) is 5.69 Å². The predicted octanol–water partition coefficient (Wildman–Crippen LogP) is 1.32. The second-order valence-corrected chi connectivity index (χ2v) is 4.07. The third-order valence-electron chi connectivity index (χ3n) is 2.46. The Morgan fingerprint density at radius 3 is 2.76 bits per heavy atom. The van der Waals surface area contributed by atoms with Crippen LogP contribution < -0.4 is 0 Å². The van der Waals surface area contributed by atoms with Crippen LogP contribution in [0, 0.1) is 6.92 Å². The predicted molar refractivity (Wildman–Crippen MR) is 61.2 cm³/mol. The van der Waals surface area contributed by atoms with Gasteiger partial charge in [-0.1, -0.05) is 11.6 Å². The van der Waals surface area contributed by atoms with E-state index in [0.29, 0.717) is 11.7 Å². The van der Waals surface area contributed by atoms with E-state index in [1.807, 2.05) is 6.92 Å². The maximum atomic E-state index is 10.7. The van der Waals surface area contributed by atoms with Crippen molar-refractivity contribution in [3.8, 4) is 0 Å². The molecule has 2 aromatic rings. The molecular weight excluding hydrogens is 244 g/mol. The average Bonchev–Trinajstić information content (AvgIpc) is 2.80. The Labute approximate surface area is 102 Å². The lowest BCUT2D eigenvalue weighted by Gasteiger charge is -2.01. The molecule has 1 N–H and O–H groups in total. The summed E-state index contributed by atoms with van der Waals surface area (Å²) in [5.41, 5.74) is 1.70. The number of aromatic nitrogens is 4. The van der Waals surface area contributed by atoms with Crippen LogP contribution in [0.3, 0.4) is 0 Å². The number of carboxylic acid groups (broad SMARTS) is 1. The van der Waals surface area contributed by atoms with Crippen molar-refractivity contribution in [2.45, 2.75) is 13.5 Å². The molecule has 0 fully saturated rings. The Morgan fingerprint density at radius 1 is 1.59 bits per heavy atom. The van der Waals surface area contributed by atoms with Gasteiger partial charge in [-0.05, 0) is 6.92 Å². The first-order valence-corrected chi connectivity index (χ1v) is 5.30. The fourth-order valence-electron chi connectivity index (χ4n) is 1.59. The van der Waals surface area contributed by atoms with E-state index in [-0.39, 0.29) is 5.69 Å². The van der Waals surface area contributed by atoms with E-state index in [1.54, 1.807) is 16.3 Å². The van der Waals surface area contributed by atoms with Gasteiger partial charge in [0.2, 0.25) is 0 Å². The topological polar surface area (TPSA) is 72.9 Å². The van der Waals surface area contributed by atoms with Gasteiger partial charge in [-0.3, -0.25) is 4.68 Å². The van der Waals surface area contributed by atoms with Crippen LogP contribution in [0.5, 0.6) is 0 Å². The summed E-state index contributed by atoms with van der Waals surface area (Å²) in [7, 11) is 1.76. The van der Waals surface area contributed by atoms with Gasteiger partial charge < -0.3 is 9.67 Å². The molecule has 7 heteroatoms. The van der Waals surface area contributed by atoms with Gasteiger partial charge in [0.1, 0.15) is 5.15 Å². The van der Waals surface area contributed by atoms with Gasteiger partial charge in [-0.25, -0.2) is 9.78 Å². The first-order chi connectivity index (χ1) is 7.99. The van der Waals surface area contributed by atoms with E-state index in [0.717, 1.165) is 11.3 Å². The molecule has 0 saturated heterocycles. The van der Waals surface area contributed by atoms with Crippen LogP contribution in [0.15, 0.2) is 12.5 Å². The van der Waals surface area contributed by atoms with Gasteiger partial charge in [0.05, 0.1) is 18.6 Å². The summed E-state index contributed by atoms with van der Waals surface area (Å²) in [5, 5.41) is 13.5. The largest absolute Gasteiger partial charge is 0.476 e. The van der Waals surface area contributed by atoms with Crippen molar-refractivity contribution in [1.29, 1.82) is 0 Å². The Kier molecular flexibility index (Phi) is 2.89. The summed E-state index contributed by atoms with van der Waals surface area (Å²) in [6.07, 6.45) is 2.93. The fraction of sp³-hybridized carbons (Fsp3) is 0.300. The maximum absolute atomic E-state index is 10.7. The van der Waals surface area contributed by atoms with Crippen LogP contribution in [0.1, 0.15) is 21.7 Å². The second-order valence-electron chi connectivity index (χ2n) is 3.71. The highest BCUT2D eigenvalue weighted by Gasteiger charge is 2.13. The van der Waals surface area contributed by atoms with Crippen molar-refractivity contribution >= 4 is 17.6 Å². The zero-order valence-corrected chi connectivity index (χ0v) is 10.1. The lowest BCUT2D eigenvalue weighted by Crippen LogP contribution is -1.99. The number of hydrogen-bond donors (Lipinski definition) is 1. The molecule has 0 bridgehead atoms. The van der Waals surface area contributed by atoms with Crippen LogP contribution in [0.4, 0.5) is 0 Å². The average molecular weight is 255 g/mol. The number of rotatable bonds is 3. The molecule has 2 heterocycles. The third kappa shape index (κ3) is 2.16. The number of carbonyl (C=O) groups is 1. The van der Waals surface area contributed by atoms with Crippen molar-refractivity contribution in [2.75, 3.05) is 0 Å². The molecule has 0 saturated carbocycles. The summed E-state index contributed by atoms with van der Waals surface area (Å²) < 4.78 is 3.25.